The number of hydrogen-bond donors (Lipinski definition) is 1. The molecular formula is C17H32O6Si. The summed E-state index contributed by atoms with van der Waals surface area (Å²) in [6, 6.07) is 0. The SMILES string of the molecule is CC1(C)O[C@@H]([C@H](O)[C@@H]2CCC(=O)O2)[C@@H](CO[Si](C)(C)C(C)(C)C)O1. The topological polar surface area (TPSA) is 74.2 Å². The van der Waals surface area contributed by atoms with Crippen LogP contribution in [0.15, 0.2) is 0 Å². The molecule has 24 heavy (non-hydrogen) atoms. The van der Waals surface area contributed by atoms with Gasteiger partial charge in [0.15, 0.2) is 14.1 Å². The molecule has 2 heterocycles. The van der Waals surface area contributed by atoms with Gasteiger partial charge in [0.05, 0.1) is 6.61 Å². The summed E-state index contributed by atoms with van der Waals surface area (Å²) in [4.78, 5) is 11.3. The highest BCUT2D eigenvalue weighted by molar-refractivity contribution is 6.74. The van der Waals surface area contributed by atoms with E-state index in [-0.39, 0.29) is 17.1 Å². The molecule has 0 aromatic heterocycles. The molecule has 0 unspecified atom stereocenters. The van der Waals surface area contributed by atoms with E-state index in [4.69, 9.17) is 18.6 Å². The van der Waals surface area contributed by atoms with E-state index in [1.54, 1.807) is 0 Å². The minimum Gasteiger partial charge on any atom is -0.459 e. The number of carbonyl (C=O) groups excluding carboxylic acids is 1. The Kier molecular flexibility index (Phi) is 5.53. The van der Waals surface area contributed by atoms with Gasteiger partial charge in [-0.15, -0.1) is 0 Å². The fourth-order valence-corrected chi connectivity index (χ4v) is 3.80. The first-order valence-electron chi connectivity index (χ1n) is 8.69. The largest absolute Gasteiger partial charge is 0.459 e. The number of hydrogen-bond acceptors (Lipinski definition) is 6. The first kappa shape index (κ1) is 19.8. The molecule has 2 saturated heterocycles. The van der Waals surface area contributed by atoms with Crippen LogP contribution < -0.4 is 0 Å². The third-order valence-corrected chi connectivity index (χ3v) is 9.77. The second-order valence-corrected chi connectivity index (χ2v) is 13.6. The van der Waals surface area contributed by atoms with E-state index in [0.29, 0.717) is 19.4 Å². The highest BCUT2D eigenvalue weighted by Crippen LogP contribution is 2.38. The zero-order valence-electron chi connectivity index (χ0n) is 15.9. The molecule has 0 aliphatic carbocycles. The van der Waals surface area contributed by atoms with Crippen LogP contribution >= 0.6 is 0 Å². The van der Waals surface area contributed by atoms with Crippen molar-refractivity contribution in [2.75, 3.05) is 6.61 Å². The maximum atomic E-state index is 11.3. The van der Waals surface area contributed by atoms with Crippen LogP contribution in [0.2, 0.25) is 18.1 Å². The Bertz CT molecular complexity index is 470. The van der Waals surface area contributed by atoms with E-state index in [1.807, 2.05) is 13.8 Å². The molecule has 0 amide bonds. The molecule has 0 aromatic carbocycles. The number of cyclic esters (lactones) is 1. The second kappa shape index (κ2) is 6.68. The molecule has 0 aromatic rings. The summed E-state index contributed by atoms with van der Waals surface area (Å²) in [5.41, 5.74) is 0. The van der Waals surface area contributed by atoms with E-state index in [2.05, 4.69) is 33.9 Å². The quantitative estimate of drug-likeness (QED) is 0.600. The normalized spacial score (nSPS) is 32.0. The number of ether oxygens (including phenoxy) is 3. The monoisotopic (exact) mass is 360 g/mol. The average molecular weight is 361 g/mol. The summed E-state index contributed by atoms with van der Waals surface area (Å²) < 4.78 is 23.3. The van der Waals surface area contributed by atoms with Crippen LogP contribution in [0, 0.1) is 0 Å². The van der Waals surface area contributed by atoms with Gasteiger partial charge in [-0.1, -0.05) is 20.8 Å². The van der Waals surface area contributed by atoms with Crippen LogP contribution in [-0.4, -0.2) is 56.2 Å². The first-order valence-corrected chi connectivity index (χ1v) is 11.6. The van der Waals surface area contributed by atoms with Crippen molar-refractivity contribution in [1.29, 1.82) is 0 Å². The minimum absolute atomic E-state index is 0.0943. The van der Waals surface area contributed by atoms with Gasteiger partial charge in [0, 0.05) is 6.42 Å². The Morgan fingerprint density at radius 3 is 2.46 bits per heavy atom. The van der Waals surface area contributed by atoms with Crippen LogP contribution in [0.25, 0.3) is 0 Å². The number of carbonyl (C=O) groups is 1. The maximum absolute atomic E-state index is 11.3. The smallest absolute Gasteiger partial charge is 0.306 e. The third kappa shape index (κ3) is 4.38. The molecular weight excluding hydrogens is 328 g/mol. The molecule has 6 nitrogen and oxygen atoms in total. The maximum Gasteiger partial charge on any atom is 0.306 e. The second-order valence-electron chi connectivity index (χ2n) is 8.77. The van der Waals surface area contributed by atoms with Crippen molar-refractivity contribution >= 4 is 14.3 Å². The van der Waals surface area contributed by atoms with Gasteiger partial charge >= 0.3 is 5.97 Å². The van der Waals surface area contributed by atoms with Gasteiger partial charge in [0.2, 0.25) is 0 Å². The number of rotatable bonds is 5. The van der Waals surface area contributed by atoms with E-state index in [1.165, 1.54) is 0 Å². The van der Waals surface area contributed by atoms with Crippen LogP contribution in [0.4, 0.5) is 0 Å². The van der Waals surface area contributed by atoms with E-state index >= 15 is 0 Å². The lowest BCUT2D eigenvalue weighted by Gasteiger charge is -2.37. The Morgan fingerprint density at radius 2 is 1.96 bits per heavy atom. The molecule has 2 aliphatic heterocycles. The third-order valence-electron chi connectivity index (χ3n) is 5.27. The predicted octanol–water partition coefficient (Wildman–Crippen LogP) is 2.59. The van der Waals surface area contributed by atoms with Gasteiger partial charge in [0.25, 0.3) is 0 Å². The summed E-state index contributed by atoms with van der Waals surface area (Å²) in [5, 5.41) is 10.7. The van der Waals surface area contributed by atoms with Crippen molar-refractivity contribution in [3.63, 3.8) is 0 Å². The zero-order valence-corrected chi connectivity index (χ0v) is 16.9. The minimum atomic E-state index is -1.93. The molecule has 7 heteroatoms. The summed E-state index contributed by atoms with van der Waals surface area (Å²) in [7, 11) is -1.93. The molecule has 1 N–H and O–H groups in total. The van der Waals surface area contributed by atoms with Crippen molar-refractivity contribution in [3.05, 3.63) is 0 Å². The van der Waals surface area contributed by atoms with Crippen LogP contribution in [0.1, 0.15) is 47.5 Å². The summed E-state index contributed by atoms with van der Waals surface area (Å²) >= 11 is 0. The van der Waals surface area contributed by atoms with Crippen molar-refractivity contribution in [3.8, 4) is 0 Å². The lowest BCUT2D eigenvalue weighted by molar-refractivity contribution is -0.167. The average Bonchev–Trinajstić information content (AvgIpc) is 2.98. The van der Waals surface area contributed by atoms with Crippen molar-refractivity contribution in [2.24, 2.45) is 0 Å². The Balaban J connectivity index is 2.04. The van der Waals surface area contributed by atoms with Crippen LogP contribution in [0.3, 0.4) is 0 Å². The van der Waals surface area contributed by atoms with Gasteiger partial charge < -0.3 is 23.7 Å². The molecule has 2 aliphatic rings. The van der Waals surface area contributed by atoms with E-state index in [9.17, 15) is 9.90 Å². The summed E-state index contributed by atoms with van der Waals surface area (Å²) in [5.74, 6) is -1.07. The summed E-state index contributed by atoms with van der Waals surface area (Å²) in [6.07, 6.45) is -1.55. The number of aliphatic hydroxyl groups is 1. The van der Waals surface area contributed by atoms with Gasteiger partial charge in [-0.2, -0.15) is 0 Å². The van der Waals surface area contributed by atoms with Gasteiger partial charge in [-0.05, 0) is 38.4 Å². The molecule has 0 radical (unpaired) electrons. The van der Waals surface area contributed by atoms with Crippen molar-refractivity contribution in [2.45, 2.75) is 95.8 Å². The molecule has 4 atom stereocenters. The zero-order chi connectivity index (χ0) is 18.3. The van der Waals surface area contributed by atoms with Crippen LogP contribution in [-0.2, 0) is 23.4 Å². The lowest BCUT2D eigenvalue weighted by Crippen LogP contribution is -2.48. The number of aliphatic hydroxyl groups excluding tert-OH is 1. The summed E-state index contributed by atoms with van der Waals surface area (Å²) in [6.45, 7) is 14.9. The standard InChI is InChI=1S/C17H32O6Si/c1-16(2,3)24(6,7)20-10-12-15(23-17(4,5)22-12)14(19)11-8-9-13(18)21-11/h11-12,14-15,19H,8-10H2,1-7H3/t11-,12+,14+,15+/m0/s1. The Hall–Kier alpha value is -0.473. The highest BCUT2D eigenvalue weighted by Gasteiger charge is 2.49. The first-order chi connectivity index (χ1) is 10.8. The van der Waals surface area contributed by atoms with Crippen molar-refractivity contribution in [1.82, 2.24) is 0 Å². The lowest BCUT2D eigenvalue weighted by atomic mass is 10.0. The van der Waals surface area contributed by atoms with E-state index < -0.39 is 32.4 Å². The molecule has 0 bridgehead atoms. The molecule has 0 saturated carbocycles. The molecule has 0 spiro atoms. The number of esters is 1. The van der Waals surface area contributed by atoms with Gasteiger partial charge in [-0.3, -0.25) is 4.79 Å². The Labute approximate surface area is 145 Å². The molecule has 2 rings (SSSR count). The highest BCUT2D eigenvalue weighted by atomic mass is 28.4. The van der Waals surface area contributed by atoms with Crippen molar-refractivity contribution < 1.29 is 28.5 Å². The van der Waals surface area contributed by atoms with Gasteiger partial charge in [0.1, 0.15) is 24.4 Å². The molecule has 140 valence electrons. The predicted molar refractivity (Wildman–Crippen MR) is 92.1 cm³/mol. The fraction of sp³-hybridized carbons (Fsp3) is 0.941. The fourth-order valence-electron chi connectivity index (χ4n) is 2.79. The van der Waals surface area contributed by atoms with Gasteiger partial charge in [-0.25, -0.2) is 0 Å². The van der Waals surface area contributed by atoms with Crippen LogP contribution in [0.5, 0.6) is 0 Å². The Morgan fingerprint density at radius 1 is 1.33 bits per heavy atom. The van der Waals surface area contributed by atoms with E-state index in [0.717, 1.165) is 0 Å². The molecule has 2 fully saturated rings.